The maximum Gasteiger partial charge on any atom is 0.267 e. The van der Waals surface area contributed by atoms with Crippen molar-refractivity contribution in [3.8, 4) is 0 Å². The lowest BCUT2D eigenvalue weighted by atomic mass is 10.2. The van der Waals surface area contributed by atoms with Crippen molar-refractivity contribution in [2.75, 3.05) is 6.54 Å². The van der Waals surface area contributed by atoms with Crippen LogP contribution in [0, 0.1) is 12.7 Å². The predicted octanol–water partition coefficient (Wildman–Crippen LogP) is 4.34. The molecule has 0 saturated carbocycles. The Balaban J connectivity index is 2.00. The van der Waals surface area contributed by atoms with Crippen LogP contribution in [0.25, 0.3) is 10.2 Å². The summed E-state index contributed by atoms with van der Waals surface area (Å²) < 4.78 is 16.2. The number of carbonyl (C=O) groups excluding carboxylic acids is 1. The van der Waals surface area contributed by atoms with Crippen LogP contribution in [-0.2, 0) is 6.54 Å². The SMILES string of the molecule is CCCNC(=O)c1cc2sc(C)cc2n1Cc1ccc(F)cc1. The smallest absolute Gasteiger partial charge is 0.267 e. The van der Waals surface area contributed by atoms with Gasteiger partial charge >= 0.3 is 0 Å². The third kappa shape index (κ3) is 3.29. The molecule has 2 aromatic heterocycles. The molecule has 3 aromatic rings. The fourth-order valence-electron chi connectivity index (χ4n) is 2.62. The van der Waals surface area contributed by atoms with E-state index in [1.807, 2.05) is 17.6 Å². The van der Waals surface area contributed by atoms with E-state index in [4.69, 9.17) is 0 Å². The highest BCUT2D eigenvalue weighted by atomic mass is 32.1. The molecule has 3 rings (SSSR count). The van der Waals surface area contributed by atoms with Crippen molar-refractivity contribution >= 4 is 27.5 Å². The van der Waals surface area contributed by atoms with Gasteiger partial charge in [0.05, 0.1) is 10.2 Å². The average molecular weight is 330 g/mol. The van der Waals surface area contributed by atoms with Crippen LogP contribution in [0.2, 0.25) is 0 Å². The highest BCUT2D eigenvalue weighted by Gasteiger charge is 2.17. The summed E-state index contributed by atoms with van der Waals surface area (Å²) in [6.45, 7) is 5.30. The average Bonchev–Trinajstić information content (AvgIpc) is 3.04. The number of hydrogen-bond acceptors (Lipinski definition) is 2. The zero-order chi connectivity index (χ0) is 16.4. The largest absolute Gasteiger partial charge is 0.351 e. The number of halogens is 1. The highest BCUT2D eigenvalue weighted by molar-refractivity contribution is 7.19. The van der Waals surface area contributed by atoms with Crippen LogP contribution in [0.3, 0.4) is 0 Å². The molecule has 0 fully saturated rings. The molecule has 120 valence electrons. The van der Waals surface area contributed by atoms with Crippen LogP contribution in [0.1, 0.15) is 34.3 Å². The number of nitrogens with one attached hydrogen (secondary N) is 1. The van der Waals surface area contributed by atoms with Gasteiger partial charge in [0.25, 0.3) is 5.91 Å². The van der Waals surface area contributed by atoms with Crippen LogP contribution >= 0.6 is 11.3 Å². The fraction of sp³-hybridized carbons (Fsp3) is 0.278. The van der Waals surface area contributed by atoms with Crippen molar-refractivity contribution in [2.24, 2.45) is 0 Å². The number of amides is 1. The Labute approximate surface area is 138 Å². The van der Waals surface area contributed by atoms with E-state index in [9.17, 15) is 9.18 Å². The van der Waals surface area contributed by atoms with Gasteiger partial charge < -0.3 is 9.88 Å². The molecule has 23 heavy (non-hydrogen) atoms. The molecule has 0 radical (unpaired) electrons. The van der Waals surface area contributed by atoms with Gasteiger partial charge in [-0.05, 0) is 43.2 Å². The Morgan fingerprint density at radius 2 is 2.00 bits per heavy atom. The topological polar surface area (TPSA) is 34.0 Å². The van der Waals surface area contributed by atoms with Crippen LogP contribution in [0.15, 0.2) is 36.4 Å². The van der Waals surface area contributed by atoms with Gasteiger partial charge in [-0.1, -0.05) is 19.1 Å². The first kappa shape index (κ1) is 15.7. The number of nitrogens with zero attached hydrogens (tertiary/aromatic N) is 1. The van der Waals surface area contributed by atoms with Crippen molar-refractivity contribution in [3.05, 3.63) is 58.3 Å². The molecular formula is C18H19FN2OS. The lowest BCUT2D eigenvalue weighted by molar-refractivity contribution is 0.0945. The van der Waals surface area contributed by atoms with Crippen LogP contribution < -0.4 is 5.32 Å². The number of thiophene rings is 1. The Bertz CT molecular complexity index is 833. The van der Waals surface area contributed by atoms with Crippen LogP contribution in [0.4, 0.5) is 4.39 Å². The molecular weight excluding hydrogens is 311 g/mol. The second kappa shape index (κ2) is 6.54. The molecule has 5 heteroatoms. The molecule has 0 saturated heterocycles. The monoisotopic (exact) mass is 330 g/mol. The first-order valence-electron chi connectivity index (χ1n) is 7.71. The molecule has 0 atom stereocenters. The summed E-state index contributed by atoms with van der Waals surface area (Å²) >= 11 is 1.68. The Morgan fingerprint density at radius 1 is 1.26 bits per heavy atom. The Hall–Kier alpha value is -2.14. The third-order valence-corrected chi connectivity index (χ3v) is 4.72. The van der Waals surface area contributed by atoms with Crippen molar-refractivity contribution in [2.45, 2.75) is 26.8 Å². The van der Waals surface area contributed by atoms with Crippen molar-refractivity contribution in [3.63, 3.8) is 0 Å². The Kier molecular flexibility index (Phi) is 4.48. The number of benzene rings is 1. The van der Waals surface area contributed by atoms with E-state index in [2.05, 4.69) is 18.3 Å². The first-order valence-corrected chi connectivity index (χ1v) is 8.52. The van der Waals surface area contributed by atoms with Gasteiger partial charge in [-0.15, -0.1) is 11.3 Å². The summed E-state index contributed by atoms with van der Waals surface area (Å²) in [7, 11) is 0. The minimum atomic E-state index is -0.251. The van der Waals surface area contributed by atoms with Crippen molar-refractivity contribution in [1.29, 1.82) is 0 Å². The number of hydrogen-bond donors (Lipinski definition) is 1. The summed E-state index contributed by atoms with van der Waals surface area (Å²) in [5.74, 6) is -0.311. The maximum absolute atomic E-state index is 13.1. The van der Waals surface area contributed by atoms with Gasteiger partial charge in [0.15, 0.2) is 0 Å². The minimum absolute atomic E-state index is 0.0602. The summed E-state index contributed by atoms with van der Waals surface area (Å²) in [4.78, 5) is 13.6. The van der Waals surface area contributed by atoms with E-state index in [-0.39, 0.29) is 11.7 Å². The summed E-state index contributed by atoms with van der Waals surface area (Å²) in [6.07, 6.45) is 0.901. The van der Waals surface area contributed by atoms with Crippen LogP contribution in [0.5, 0.6) is 0 Å². The van der Waals surface area contributed by atoms with E-state index < -0.39 is 0 Å². The van der Waals surface area contributed by atoms with Gasteiger partial charge in [0.1, 0.15) is 11.5 Å². The molecule has 0 aliphatic heterocycles. The van der Waals surface area contributed by atoms with E-state index in [0.29, 0.717) is 18.8 Å². The normalized spacial score (nSPS) is 11.1. The van der Waals surface area contributed by atoms with Crippen molar-refractivity contribution < 1.29 is 9.18 Å². The maximum atomic E-state index is 13.1. The number of fused-ring (bicyclic) bond motifs is 1. The van der Waals surface area contributed by atoms with Crippen LogP contribution in [-0.4, -0.2) is 17.0 Å². The number of aryl methyl sites for hydroxylation is 1. The quantitative estimate of drug-likeness (QED) is 0.742. The number of aromatic nitrogens is 1. The summed E-state index contributed by atoms with van der Waals surface area (Å²) in [5.41, 5.74) is 2.68. The van der Waals surface area contributed by atoms with Gasteiger partial charge in [-0.3, -0.25) is 4.79 Å². The molecule has 0 aliphatic rings. The molecule has 0 spiro atoms. The molecule has 3 nitrogen and oxygen atoms in total. The molecule has 0 unspecified atom stereocenters. The Morgan fingerprint density at radius 3 is 2.70 bits per heavy atom. The lowest BCUT2D eigenvalue weighted by Gasteiger charge is -2.11. The fourth-order valence-corrected chi connectivity index (χ4v) is 3.59. The highest BCUT2D eigenvalue weighted by Crippen LogP contribution is 2.29. The zero-order valence-corrected chi connectivity index (χ0v) is 14.0. The molecule has 0 aliphatic carbocycles. The number of carbonyl (C=O) groups is 1. The second-order valence-electron chi connectivity index (χ2n) is 5.60. The van der Waals surface area contributed by atoms with E-state index in [1.54, 1.807) is 23.5 Å². The van der Waals surface area contributed by atoms with E-state index >= 15 is 0 Å². The molecule has 1 aromatic carbocycles. The number of rotatable bonds is 5. The first-order chi connectivity index (χ1) is 11.1. The molecule has 0 bridgehead atoms. The minimum Gasteiger partial charge on any atom is -0.351 e. The summed E-state index contributed by atoms with van der Waals surface area (Å²) in [6, 6.07) is 10.5. The lowest BCUT2D eigenvalue weighted by Crippen LogP contribution is -2.26. The molecule has 1 N–H and O–H groups in total. The third-order valence-electron chi connectivity index (χ3n) is 3.73. The second-order valence-corrected chi connectivity index (χ2v) is 6.89. The van der Waals surface area contributed by atoms with Crippen molar-refractivity contribution in [1.82, 2.24) is 9.88 Å². The van der Waals surface area contributed by atoms with Gasteiger partial charge in [-0.2, -0.15) is 0 Å². The van der Waals surface area contributed by atoms with E-state index in [1.165, 1.54) is 17.0 Å². The van der Waals surface area contributed by atoms with E-state index in [0.717, 1.165) is 22.2 Å². The van der Waals surface area contributed by atoms with Gasteiger partial charge in [0, 0.05) is 18.0 Å². The summed E-state index contributed by atoms with van der Waals surface area (Å²) in [5, 5.41) is 2.93. The molecule has 1 amide bonds. The van der Waals surface area contributed by atoms with Gasteiger partial charge in [0.2, 0.25) is 0 Å². The van der Waals surface area contributed by atoms with Gasteiger partial charge in [-0.25, -0.2) is 4.39 Å². The zero-order valence-electron chi connectivity index (χ0n) is 13.2. The predicted molar refractivity (Wildman–Crippen MR) is 92.7 cm³/mol. The standard InChI is InChI=1S/C18H19FN2OS/c1-3-8-20-18(22)16-10-17-15(9-12(2)23-17)21(16)11-13-4-6-14(19)7-5-13/h4-7,9-10H,3,8,11H2,1-2H3,(H,20,22). The molecule has 2 heterocycles.